The maximum Gasteiger partial charge on any atom is 0.252 e. The standard InChI is InChI=1S/C10H9ClO3S/c1-2-7-3-4-8(6-15(13)14)9(5-7)10(11)12/h2-5H,1,6H2,(H,13,14). The van der Waals surface area contributed by atoms with Crippen LogP contribution in [-0.4, -0.2) is 14.0 Å². The van der Waals surface area contributed by atoms with Crippen molar-refractivity contribution in [2.24, 2.45) is 0 Å². The lowest BCUT2D eigenvalue weighted by molar-refractivity contribution is 0.108. The Bertz CT molecular complexity index is 429. The maximum absolute atomic E-state index is 11.1. The van der Waals surface area contributed by atoms with Crippen molar-refractivity contribution >= 4 is 34.0 Å². The summed E-state index contributed by atoms with van der Waals surface area (Å²) in [5, 5.41) is -0.640. The average Bonchev–Trinajstić information content (AvgIpc) is 2.17. The lowest BCUT2D eigenvalue weighted by Crippen LogP contribution is -2.01. The molecule has 0 heterocycles. The van der Waals surface area contributed by atoms with Crippen molar-refractivity contribution in [2.45, 2.75) is 5.75 Å². The number of hydrogen-bond acceptors (Lipinski definition) is 2. The Kier molecular flexibility index (Phi) is 4.20. The van der Waals surface area contributed by atoms with Gasteiger partial charge in [-0.2, -0.15) is 0 Å². The van der Waals surface area contributed by atoms with E-state index in [1.54, 1.807) is 24.3 Å². The average molecular weight is 245 g/mol. The minimum absolute atomic E-state index is 0.106. The molecule has 0 amide bonds. The van der Waals surface area contributed by atoms with Crippen LogP contribution in [0.5, 0.6) is 0 Å². The summed E-state index contributed by atoms with van der Waals surface area (Å²) < 4.78 is 19.4. The number of benzene rings is 1. The van der Waals surface area contributed by atoms with E-state index in [1.165, 1.54) is 0 Å². The van der Waals surface area contributed by atoms with Crippen LogP contribution in [0.25, 0.3) is 6.08 Å². The van der Waals surface area contributed by atoms with E-state index in [0.717, 1.165) is 5.56 Å². The van der Waals surface area contributed by atoms with Gasteiger partial charge >= 0.3 is 0 Å². The normalized spacial score (nSPS) is 12.1. The largest absolute Gasteiger partial charge is 0.306 e. The van der Waals surface area contributed by atoms with Crippen LogP contribution in [0, 0.1) is 0 Å². The van der Waals surface area contributed by atoms with Crippen molar-refractivity contribution in [3.63, 3.8) is 0 Å². The second kappa shape index (κ2) is 5.21. The van der Waals surface area contributed by atoms with E-state index in [-0.39, 0.29) is 11.3 Å². The monoisotopic (exact) mass is 244 g/mol. The highest BCUT2D eigenvalue weighted by molar-refractivity contribution is 7.78. The van der Waals surface area contributed by atoms with Gasteiger partial charge in [-0.15, -0.1) is 0 Å². The summed E-state index contributed by atoms with van der Waals surface area (Å²) in [5.74, 6) is -0.106. The zero-order chi connectivity index (χ0) is 11.4. The molecule has 15 heavy (non-hydrogen) atoms. The van der Waals surface area contributed by atoms with Crippen molar-refractivity contribution in [1.29, 1.82) is 0 Å². The number of rotatable bonds is 4. The molecule has 0 spiro atoms. The van der Waals surface area contributed by atoms with Gasteiger partial charge in [0.1, 0.15) is 0 Å². The highest BCUT2D eigenvalue weighted by Crippen LogP contribution is 2.16. The smallest absolute Gasteiger partial charge is 0.252 e. The Labute approximate surface area is 95.0 Å². The van der Waals surface area contributed by atoms with E-state index in [2.05, 4.69) is 6.58 Å². The van der Waals surface area contributed by atoms with Crippen LogP contribution < -0.4 is 0 Å². The van der Waals surface area contributed by atoms with E-state index in [0.29, 0.717) is 5.56 Å². The fourth-order valence-electron chi connectivity index (χ4n) is 1.16. The fraction of sp³-hybridized carbons (Fsp3) is 0.100. The second-order valence-electron chi connectivity index (χ2n) is 2.86. The molecule has 1 N–H and O–H groups in total. The van der Waals surface area contributed by atoms with Crippen molar-refractivity contribution in [2.75, 3.05) is 0 Å². The molecule has 1 rings (SSSR count). The highest BCUT2D eigenvalue weighted by Gasteiger charge is 2.11. The Balaban J connectivity index is 3.20. The molecule has 0 aromatic heterocycles. The second-order valence-corrected chi connectivity index (χ2v) is 4.14. The third kappa shape index (κ3) is 3.27. The first-order chi connectivity index (χ1) is 7.04. The van der Waals surface area contributed by atoms with Crippen molar-refractivity contribution < 1.29 is 13.6 Å². The van der Waals surface area contributed by atoms with Crippen LogP contribution in [0.15, 0.2) is 24.8 Å². The molecule has 5 heteroatoms. The molecule has 1 aromatic rings. The van der Waals surface area contributed by atoms with E-state index >= 15 is 0 Å². The van der Waals surface area contributed by atoms with Crippen LogP contribution in [-0.2, 0) is 16.8 Å². The first kappa shape index (κ1) is 12.1. The molecule has 0 saturated carbocycles. The van der Waals surface area contributed by atoms with Gasteiger partial charge in [-0.1, -0.05) is 24.8 Å². The van der Waals surface area contributed by atoms with Crippen LogP contribution in [0.2, 0.25) is 0 Å². The van der Waals surface area contributed by atoms with Gasteiger partial charge in [0.15, 0.2) is 11.1 Å². The van der Waals surface area contributed by atoms with Crippen molar-refractivity contribution in [3.8, 4) is 0 Å². The van der Waals surface area contributed by atoms with Gasteiger partial charge in [0.25, 0.3) is 5.24 Å². The van der Waals surface area contributed by atoms with Crippen LogP contribution in [0.1, 0.15) is 21.5 Å². The molecule has 80 valence electrons. The number of carbonyl (C=O) groups excluding carboxylic acids is 1. The molecular weight excluding hydrogens is 236 g/mol. The molecule has 1 aromatic carbocycles. The van der Waals surface area contributed by atoms with Gasteiger partial charge in [0.2, 0.25) is 0 Å². The van der Waals surface area contributed by atoms with E-state index in [4.69, 9.17) is 16.2 Å². The Morgan fingerprint density at radius 2 is 2.27 bits per heavy atom. The van der Waals surface area contributed by atoms with E-state index in [9.17, 15) is 9.00 Å². The molecule has 0 bridgehead atoms. The lowest BCUT2D eigenvalue weighted by Gasteiger charge is -2.04. The summed E-state index contributed by atoms with van der Waals surface area (Å²) in [6.07, 6.45) is 1.57. The third-order valence-corrected chi connectivity index (χ3v) is 2.62. The molecule has 0 aliphatic rings. The van der Waals surface area contributed by atoms with Gasteiger partial charge in [0.05, 0.1) is 5.75 Å². The molecule has 0 radical (unpaired) electrons. The van der Waals surface area contributed by atoms with Gasteiger partial charge in [-0.05, 0) is 28.8 Å². The molecule has 0 aliphatic heterocycles. The highest BCUT2D eigenvalue weighted by atomic mass is 35.5. The van der Waals surface area contributed by atoms with E-state index in [1.807, 2.05) is 0 Å². The predicted molar refractivity (Wildman–Crippen MR) is 61.2 cm³/mol. The molecule has 1 unspecified atom stereocenters. The minimum atomic E-state index is -1.99. The van der Waals surface area contributed by atoms with Crippen LogP contribution in [0.4, 0.5) is 0 Å². The molecule has 3 nitrogen and oxygen atoms in total. The minimum Gasteiger partial charge on any atom is -0.306 e. The number of carbonyl (C=O) groups is 1. The SMILES string of the molecule is C=Cc1ccc(CS(=O)O)c(C(=O)Cl)c1. The third-order valence-electron chi connectivity index (χ3n) is 1.86. The summed E-state index contributed by atoms with van der Waals surface area (Å²) in [5.41, 5.74) is 1.45. The summed E-state index contributed by atoms with van der Waals surface area (Å²) >= 11 is 3.38. The molecule has 0 saturated heterocycles. The Morgan fingerprint density at radius 3 is 2.73 bits per heavy atom. The zero-order valence-corrected chi connectivity index (χ0v) is 9.35. The molecular formula is C10H9ClO3S. The van der Waals surface area contributed by atoms with E-state index < -0.39 is 16.3 Å². The van der Waals surface area contributed by atoms with Gasteiger partial charge in [-0.3, -0.25) is 4.79 Å². The maximum atomic E-state index is 11.1. The molecule has 1 atom stereocenters. The quantitative estimate of drug-likeness (QED) is 0.654. The Morgan fingerprint density at radius 1 is 1.60 bits per heavy atom. The first-order valence-corrected chi connectivity index (χ1v) is 5.72. The van der Waals surface area contributed by atoms with Gasteiger partial charge in [-0.25, -0.2) is 4.21 Å². The van der Waals surface area contributed by atoms with Crippen LogP contribution >= 0.6 is 11.6 Å². The first-order valence-electron chi connectivity index (χ1n) is 4.07. The number of hydrogen-bond donors (Lipinski definition) is 1. The number of halogens is 1. The Hall–Kier alpha value is -0.970. The summed E-state index contributed by atoms with van der Waals surface area (Å²) in [6, 6.07) is 4.85. The summed E-state index contributed by atoms with van der Waals surface area (Å²) in [6.45, 7) is 3.56. The van der Waals surface area contributed by atoms with Crippen molar-refractivity contribution in [1.82, 2.24) is 0 Å². The van der Waals surface area contributed by atoms with Gasteiger partial charge < -0.3 is 4.55 Å². The topological polar surface area (TPSA) is 54.4 Å². The predicted octanol–water partition coefficient (Wildman–Crippen LogP) is 2.43. The van der Waals surface area contributed by atoms with Crippen molar-refractivity contribution in [3.05, 3.63) is 41.5 Å². The summed E-state index contributed by atoms with van der Waals surface area (Å²) in [4.78, 5) is 11.1. The van der Waals surface area contributed by atoms with Gasteiger partial charge in [0, 0.05) is 5.56 Å². The summed E-state index contributed by atoms with van der Waals surface area (Å²) in [7, 11) is 0. The molecule has 0 aliphatic carbocycles. The zero-order valence-electron chi connectivity index (χ0n) is 7.77. The molecule has 0 fully saturated rings. The van der Waals surface area contributed by atoms with Crippen LogP contribution in [0.3, 0.4) is 0 Å². The fourth-order valence-corrected chi connectivity index (χ4v) is 1.86. The lowest BCUT2D eigenvalue weighted by atomic mass is 10.1.